The van der Waals surface area contributed by atoms with E-state index in [9.17, 15) is 0 Å². The fourth-order valence-electron chi connectivity index (χ4n) is 2.25. The predicted octanol–water partition coefficient (Wildman–Crippen LogP) is 2.50. The molecule has 2 rings (SSSR count). The van der Waals surface area contributed by atoms with E-state index in [0.29, 0.717) is 0 Å². The van der Waals surface area contributed by atoms with Crippen molar-refractivity contribution in [3.63, 3.8) is 0 Å². The van der Waals surface area contributed by atoms with E-state index in [2.05, 4.69) is 28.2 Å². The van der Waals surface area contributed by atoms with Crippen molar-refractivity contribution < 1.29 is 0 Å². The number of anilines is 1. The summed E-state index contributed by atoms with van der Waals surface area (Å²) in [6.07, 6.45) is 5.94. The van der Waals surface area contributed by atoms with E-state index in [1.807, 2.05) is 12.3 Å². The van der Waals surface area contributed by atoms with Crippen molar-refractivity contribution in [1.82, 2.24) is 9.88 Å². The molecule has 1 aliphatic rings. The zero-order valence-electron chi connectivity index (χ0n) is 10.1. The molecule has 3 heteroatoms. The largest absolute Gasteiger partial charge is 0.370 e. The first-order valence-electron chi connectivity index (χ1n) is 6.30. The number of hydrogen-bond acceptors (Lipinski definition) is 3. The molecule has 1 aliphatic heterocycles. The normalized spacial score (nSPS) is 17.3. The number of hydrogen-bond donors (Lipinski definition) is 1. The Bertz CT molecular complexity index is 319. The molecule has 1 aromatic rings. The number of nitrogens with one attached hydrogen (secondary N) is 1. The van der Waals surface area contributed by atoms with Crippen LogP contribution in [0.3, 0.4) is 0 Å². The van der Waals surface area contributed by atoms with Crippen LogP contribution in [0.4, 0.5) is 5.82 Å². The summed E-state index contributed by atoms with van der Waals surface area (Å²) in [5.74, 6) is 1.05. The van der Waals surface area contributed by atoms with Gasteiger partial charge in [-0.25, -0.2) is 4.98 Å². The minimum absolute atomic E-state index is 0.935. The maximum atomic E-state index is 4.40. The fraction of sp³-hybridized carbons (Fsp3) is 0.615. The van der Waals surface area contributed by atoms with Crippen LogP contribution >= 0.6 is 0 Å². The second-order valence-corrected chi connectivity index (χ2v) is 4.38. The van der Waals surface area contributed by atoms with Crippen LogP contribution in [0, 0.1) is 0 Å². The highest BCUT2D eigenvalue weighted by Crippen LogP contribution is 2.17. The molecule has 0 aromatic carbocycles. The van der Waals surface area contributed by atoms with E-state index in [1.54, 1.807) is 0 Å². The number of rotatable bonds is 4. The SMILES string of the molecule is CCNc1ncccc1CN1CCCCC1. The van der Waals surface area contributed by atoms with E-state index in [-0.39, 0.29) is 0 Å². The summed E-state index contributed by atoms with van der Waals surface area (Å²) in [5, 5.41) is 3.33. The summed E-state index contributed by atoms with van der Waals surface area (Å²) >= 11 is 0. The number of piperidine rings is 1. The Morgan fingerprint density at radius 3 is 2.88 bits per heavy atom. The quantitative estimate of drug-likeness (QED) is 0.843. The molecule has 0 atom stereocenters. The van der Waals surface area contributed by atoms with Crippen molar-refractivity contribution in [2.75, 3.05) is 25.0 Å². The van der Waals surface area contributed by atoms with E-state index < -0.39 is 0 Å². The lowest BCUT2D eigenvalue weighted by Gasteiger charge is -2.27. The first kappa shape index (κ1) is 11.4. The zero-order chi connectivity index (χ0) is 11.2. The third kappa shape index (κ3) is 2.95. The van der Waals surface area contributed by atoms with Gasteiger partial charge in [-0.15, -0.1) is 0 Å². The molecule has 0 saturated carbocycles. The van der Waals surface area contributed by atoms with Crippen LogP contribution in [0.5, 0.6) is 0 Å². The minimum Gasteiger partial charge on any atom is -0.370 e. The smallest absolute Gasteiger partial charge is 0.130 e. The molecule has 0 amide bonds. The van der Waals surface area contributed by atoms with Gasteiger partial charge in [0.15, 0.2) is 0 Å². The van der Waals surface area contributed by atoms with E-state index in [4.69, 9.17) is 0 Å². The summed E-state index contributed by atoms with van der Waals surface area (Å²) in [7, 11) is 0. The molecule has 1 N–H and O–H groups in total. The molecule has 0 aliphatic carbocycles. The summed E-state index contributed by atoms with van der Waals surface area (Å²) in [4.78, 5) is 6.93. The van der Waals surface area contributed by atoms with Gasteiger partial charge in [0, 0.05) is 24.8 Å². The van der Waals surface area contributed by atoms with Crippen LogP contribution in [-0.2, 0) is 6.54 Å². The molecule has 1 aromatic heterocycles. The Balaban J connectivity index is 2.01. The Kier molecular flexibility index (Phi) is 4.17. The molecule has 2 heterocycles. The third-order valence-electron chi connectivity index (χ3n) is 3.08. The molecule has 16 heavy (non-hydrogen) atoms. The van der Waals surface area contributed by atoms with E-state index >= 15 is 0 Å². The third-order valence-corrected chi connectivity index (χ3v) is 3.08. The van der Waals surface area contributed by atoms with Gasteiger partial charge in [0.25, 0.3) is 0 Å². The van der Waals surface area contributed by atoms with Crippen LogP contribution in [0.2, 0.25) is 0 Å². The van der Waals surface area contributed by atoms with Gasteiger partial charge in [-0.2, -0.15) is 0 Å². The molecule has 0 spiro atoms. The predicted molar refractivity (Wildman–Crippen MR) is 67.5 cm³/mol. The first-order valence-corrected chi connectivity index (χ1v) is 6.30. The second kappa shape index (κ2) is 5.85. The van der Waals surface area contributed by atoms with Gasteiger partial charge in [-0.3, -0.25) is 4.90 Å². The lowest BCUT2D eigenvalue weighted by Crippen LogP contribution is -2.29. The minimum atomic E-state index is 0.935. The van der Waals surface area contributed by atoms with Crippen molar-refractivity contribution in [2.24, 2.45) is 0 Å². The molecule has 0 bridgehead atoms. The van der Waals surface area contributed by atoms with Crippen LogP contribution in [0.25, 0.3) is 0 Å². The lowest BCUT2D eigenvalue weighted by atomic mass is 10.1. The Morgan fingerprint density at radius 2 is 2.12 bits per heavy atom. The van der Waals surface area contributed by atoms with Crippen LogP contribution in [0.1, 0.15) is 31.7 Å². The van der Waals surface area contributed by atoms with Gasteiger partial charge < -0.3 is 5.32 Å². The fourth-order valence-corrected chi connectivity index (χ4v) is 2.25. The average Bonchev–Trinajstić information content (AvgIpc) is 2.33. The number of nitrogens with zero attached hydrogens (tertiary/aromatic N) is 2. The maximum absolute atomic E-state index is 4.40. The molecule has 0 radical (unpaired) electrons. The number of aromatic nitrogens is 1. The molecule has 1 saturated heterocycles. The van der Waals surface area contributed by atoms with Crippen LogP contribution < -0.4 is 5.32 Å². The molecule has 88 valence electrons. The van der Waals surface area contributed by atoms with Crippen molar-refractivity contribution in [3.8, 4) is 0 Å². The zero-order valence-corrected chi connectivity index (χ0v) is 10.1. The monoisotopic (exact) mass is 219 g/mol. The standard InChI is InChI=1S/C13H21N3/c1-2-14-13-12(7-6-8-15-13)11-16-9-4-3-5-10-16/h6-8H,2-5,9-11H2,1H3,(H,14,15). The van der Waals surface area contributed by atoms with E-state index in [1.165, 1.54) is 37.9 Å². The topological polar surface area (TPSA) is 28.2 Å². The average molecular weight is 219 g/mol. The Hall–Kier alpha value is -1.09. The molecular weight excluding hydrogens is 198 g/mol. The summed E-state index contributed by atoms with van der Waals surface area (Å²) in [6.45, 7) is 6.56. The van der Waals surface area contributed by atoms with Crippen LogP contribution in [-0.4, -0.2) is 29.5 Å². The summed E-state index contributed by atoms with van der Waals surface area (Å²) < 4.78 is 0. The van der Waals surface area contributed by atoms with Crippen molar-refractivity contribution in [2.45, 2.75) is 32.7 Å². The van der Waals surface area contributed by atoms with Gasteiger partial charge in [0.1, 0.15) is 5.82 Å². The second-order valence-electron chi connectivity index (χ2n) is 4.38. The van der Waals surface area contributed by atoms with Crippen LogP contribution in [0.15, 0.2) is 18.3 Å². The van der Waals surface area contributed by atoms with Gasteiger partial charge >= 0.3 is 0 Å². The highest BCUT2D eigenvalue weighted by atomic mass is 15.1. The van der Waals surface area contributed by atoms with Crippen molar-refractivity contribution >= 4 is 5.82 Å². The Labute approximate surface area is 97.9 Å². The number of pyridine rings is 1. The van der Waals surface area contributed by atoms with Gasteiger partial charge in [0.05, 0.1) is 0 Å². The van der Waals surface area contributed by atoms with Gasteiger partial charge in [-0.05, 0) is 38.9 Å². The Morgan fingerprint density at radius 1 is 1.31 bits per heavy atom. The molecular formula is C13H21N3. The highest BCUT2D eigenvalue weighted by molar-refractivity contribution is 5.43. The molecule has 3 nitrogen and oxygen atoms in total. The van der Waals surface area contributed by atoms with Crippen molar-refractivity contribution in [3.05, 3.63) is 23.9 Å². The van der Waals surface area contributed by atoms with Gasteiger partial charge in [0.2, 0.25) is 0 Å². The van der Waals surface area contributed by atoms with Crippen molar-refractivity contribution in [1.29, 1.82) is 0 Å². The molecule has 1 fully saturated rings. The summed E-state index contributed by atoms with van der Waals surface area (Å²) in [5.41, 5.74) is 1.33. The lowest BCUT2D eigenvalue weighted by molar-refractivity contribution is 0.221. The molecule has 0 unspecified atom stereocenters. The van der Waals surface area contributed by atoms with E-state index in [0.717, 1.165) is 18.9 Å². The number of likely N-dealkylation sites (tertiary alicyclic amines) is 1. The van der Waals surface area contributed by atoms with Gasteiger partial charge in [-0.1, -0.05) is 12.5 Å². The highest BCUT2D eigenvalue weighted by Gasteiger charge is 2.12. The first-order chi connectivity index (χ1) is 7.90. The maximum Gasteiger partial charge on any atom is 0.130 e. The summed E-state index contributed by atoms with van der Waals surface area (Å²) in [6, 6.07) is 4.21.